The lowest BCUT2D eigenvalue weighted by atomic mass is 9.94. The quantitative estimate of drug-likeness (QED) is 0.320. The van der Waals surface area contributed by atoms with Crippen LogP contribution >= 0.6 is 0 Å². The minimum atomic E-state index is 0.996. The molecular formula is C29H18N2. The fraction of sp³-hybridized carbons (Fsp3) is 0. The standard InChI is InChI=1S/C29H18N2/c1-2-5-18(6-3-1)19-9-11-22-24-8-4-7-23-21(12-13-25(29(23)24)26(22)15-19)20-10-14-27-28(16-20)31-17-30-27/h1-17H,(H,30,31). The SMILES string of the molecule is c1ccc(-c2ccc3c(c2)-c2ccc(-c4ccc5nc[nH]c5c4)c4cccc-3c24)cc1. The van der Waals surface area contributed by atoms with Crippen LogP contribution in [0.2, 0.25) is 0 Å². The molecule has 5 aromatic carbocycles. The number of H-pyrrole nitrogens is 1. The van der Waals surface area contributed by atoms with E-state index in [2.05, 4.69) is 107 Å². The van der Waals surface area contributed by atoms with Crippen LogP contribution in [0.5, 0.6) is 0 Å². The van der Waals surface area contributed by atoms with Gasteiger partial charge in [0.2, 0.25) is 0 Å². The number of imidazole rings is 1. The van der Waals surface area contributed by atoms with Gasteiger partial charge in [-0.2, -0.15) is 0 Å². The third kappa shape index (κ3) is 2.36. The highest BCUT2D eigenvalue weighted by atomic mass is 14.9. The fourth-order valence-electron chi connectivity index (χ4n) is 5.02. The second-order valence-electron chi connectivity index (χ2n) is 8.15. The predicted octanol–water partition coefficient (Wildman–Crippen LogP) is 7.70. The lowest BCUT2D eigenvalue weighted by molar-refractivity contribution is 1.34. The molecule has 0 unspecified atom stereocenters. The van der Waals surface area contributed by atoms with Gasteiger partial charge in [-0.3, -0.25) is 0 Å². The number of hydrogen-bond donors (Lipinski definition) is 1. The molecule has 0 amide bonds. The van der Waals surface area contributed by atoms with Gasteiger partial charge < -0.3 is 4.98 Å². The number of nitrogens with zero attached hydrogens (tertiary/aromatic N) is 1. The molecule has 0 saturated carbocycles. The van der Waals surface area contributed by atoms with Crippen LogP contribution in [0.15, 0.2) is 103 Å². The van der Waals surface area contributed by atoms with Gasteiger partial charge in [0.1, 0.15) is 0 Å². The number of aromatic amines is 1. The first kappa shape index (κ1) is 16.6. The van der Waals surface area contributed by atoms with Gasteiger partial charge in [0.05, 0.1) is 17.4 Å². The number of benzene rings is 5. The molecule has 0 aliphatic heterocycles. The van der Waals surface area contributed by atoms with Crippen LogP contribution in [0.1, 0.15) is 0 Å². The first-order valence-electron chi connectivity index (χ1n) is 10.6. The van der Waals surface area contributed by atoms with E-state index in [9.17, 15) is 0 Å². The largest absolute Gasteiger partial charge is 0.345 e. The van der Waals surface area contributed by atoms with Crippen molar-refractivity contribution in [1.82, 2.24) is 9.97 Å². The smallest absolute Gasteiger partial charge is 0.0931 e. The first-order chi connectivity index (χ1) is 15.4. The summed E-state index contributed by atoms with van der Waals surface area (Å²) >= 11 is 0. The molecule has 1 aromatic heterocycles. The highest BCUT2D eigenvalue weighted by molar-refractivity contribution is 6.19. The van der Waals surface area contributed by atoms with E-state index in [0.717, 1.165) is 11.0 Å². The molecule has 1 N–H and O–H groups in total. The number of fused-ring (bicyclic) bond motifs is 4. The first-order valence-corrected chi connectivity index (χ1v) is 10.6. The van der Waals surface area contributed by atoms with Crippen LogP contribution in [0.4, 0.5) is 0 Å². The van der Waals surface area contributed by atoms with Gasteiger partial charge in [-0.25, -0.2) is 4.98 Å². The number of hydrogen-bond acceptors (Lipinski definition) is 1. The Kier molecular flexibility index (Phi) is 3.30. The Morgan fingerprint density at radius 3 is 2.26 bits per heavy atom. The Balaban J connectivity index is 1.46. The summed E-state index contributed by atoms with van der Waals surface area (Å²) in [5, 5.41) is 2.65. The lowest BCUT2D eigenvalue weighted by Crippen LogP contribution is -1.84. The molecule has 0 atom stereocenters. The van der Waals surface area contributed by atoms with Crippen LogP contribution in [0.25, 0.3) is 66.3 Å². The molecule has 0 bridgehead atoms. The van der Waals surface area contributed by atoms with Crippen LogP contribution < -0.4 is 0 Å². The van der Waals surface area contributed by atoms with Gasteiger partial charge in [0.25, 0.3) is 0 Å². The molecule has 1 aliphatic carbocycles. The molecule has 2 nitrogen and oxygen atoms in total. The van der Waals surface area contributed by atoms with Crippen molar-refractivity contribution in [3.05, 3.63) is 103 Å². The van der Waals surface area contributed by atoms with Crippen molar-refractivity contribution >= 4 is 21.8 Å². The third-order valence-electron chi connectivity index (χ3n) is 6.48. The topological polar surface area (TPSA) is 28.7 Å². The highest BCUT2D eigenvalue weighted by Gasteiger charge is 2.23. The van der Waals surface area contributed by atoms with E-state index in [-0.39, 0.29) is 0 Å². The molecule has 1 heterocycles. The summed E-state index contributed by atoms with van der Waals surface area (Å²) < 4.78 is 0. The van der Waals surface area contributed by atoms with Crippen molar-refractivity contribution in [2.45, 2.75) is 0 Å². The number of aromatic nitrogens is 2. The Morgan fingerprint density at radius 2 is 1.32 bits per heavy atom. The fourth-order valence-corrected chi connectivity index (χ4v) is 5.02. The average Bonchev–Trinajstić information content (AvgIpc) is 3.43. The van der Waals surface area contributed by atoms with E-state index in [1.54, 1.807) is 6.33 Å². The summed E-state index contributed by atoms with van der Waals surface area (Å²) in [6.07, 6.45) is 1.75. The molecule has 0 saturated heterocycles. The van der Waals surface area contributed by atoms with Gasteiger partial charge in [0.15, 0.2) is 0 Å². The second-order valence-corrected chi connectivity index (χ2v) is 8.15. The normalized spacial score (nSPS) is 11.9. The zero-order valence-corrected chi connectivity index (χ0v) is 16.8. The van der Waals surface area contributed by atoms with Crippen LogP contribution in [0, 0.1) is 0 Å². The predicted molar refractivity (Wildman–Crippen MR) is 129 cm³/mol. The summed E-state index contributed by atoms with van der Waals surface area (Å²) in [7, 11) is 0. The van der Waals surface area contributed by atoms with Crippen molar-refractivity contribution in [2.24, 2.45) is 0 Å². The zero-order valence-electron chi connectivity index (χ0n) is 16.8. The Hall–Kier alpha value is -4.17. The van der Waals surface area contributed by atoms with Gasteiger partial charge in [-0.15, -0.1) is 0 Å². The Bertz CT molecular complexity index is 1620. The summed E-state index contributed by atoms with van der Waals surface area (Å²) in [5.74, 6) is 0. The average molecular weight is 394 g/mol. The Morgan fingerprint density at radius 1 is 0.516 bits per heavy atom. The van der Waals surface area contributed by atoms with Crippen LogP contribution in [-0.2, 0) is 0 Å². The molecule has 0 fully saturated rings. The molecule has 0 spiro atoms. The number of nitrogens with one attached hydrogen (secondary N) is 1. The second kappa shape index (κ2) is 6.16. The summed E-state index contributed by atoms with van der Waals surface area (Å²) in [6, 6.07) is 35.2. The molecule has 31 heavy (non-hydrogen) atoms. The maximum Gasteiger partial charge on any atom is 0.0931 e. The maximum atomic E-state index is 4.36. The van der Waals surface area contributed by atoms with E-state index in [1.807, 2.05) is 0 Å². The monoisotopic (exact) mass is 394 g/mol. The van der Waals surface area contributed by atoms with Crippen molar-refractivity contribution in [3.63, 3.8) is 0 Å². The van der Waals surface area contributed by atoms with Gasteiger partial charge in [-0.1, -0.05) is 78.9 Å². The van der Waals surface area contributed by atoms with E-state index < -0.39 is 0 Å². The third-order valence-corrected chi connectivity index (χ3v) is 6.48. The summed E-state index contributed by atoms with van der Waals surface area (Å²) in [6.45, 7) is 0. The van der Waals surface area contributed by atoms with E-state index in [0.29, 0.717) is 0 Å². The van der Waals surface area contributed by atoms with Gasteiger partial charge in [-0.05, 0) is 73.5 Å². The van der Waals surface area contributed by atoms with E-state index >= 15 is 0 Å². The summed E-state index contributed by atoms with van der Waals surface area (Å²) in [4.78, 5) is 7.60. The highest BCUT2D eigenvalue weighted by Crippen LogP contribution is 2.50. The molecule has 0 radical (unpaired) electrons. The van der Waals surface area contributed by atoms with Crippen LogP contribution in [0.3, 0.4) is 0 Å². The van der Waals surface area contributed by atoms with Crippen LogP contribution in [-0.4, -0.2) is 9.97 Å². The van der Waals surface area contributed by atoms with E-state index in [1.165, 1.54) is 55.3 Å². The number of rotatable bonds is 2. The molecule has 2 heteroatoms. The van der Waals surface area contributed by atoms with Gasteiger partial charge in [0, 0.05) is 0 Å². The van der Waals surface area contributed by atoms with Crippen molar-refractivity contribution in [2.75, 3.05) is 0 Å². The molecule has 6 aromatic rings. The van der Waals surface area contributed by atoms with Crippen molar-refractivity contribution in [3.8, 4) is 44.5 Å². The molecular weight excluding hydrogens is 376 g/mol. The van der Waals surface area contributed by atoms with Crippen molar-refractivity contribution in [1.29, 1.82) is 0 Å². The summed E-state index contributed by atoms with van der Waals surface area (Å²) in [5.41, 5.74) is 12.3. The zero-order chi connectivity index (χ0) is 20.4. The van der Waals surface area contributed by atoms with Crippen molar-refractivity contribution < 1.29 is 0 Å². The maximum absolute atomic E-state index is 4.36. The molecule has 7 rings (SSSR count). The molecule has 144 valence electrons. The minimum Gasteiger partial charge on any atom is -0.345 e. The van der Waals surface area contributed by atoms with Gasteiger partial charge >= 0.3 is 0 Å². The lowest BCUT2D eigenvalue weighted by Gasteiger charge is -2.10. The van der Waals surface area contributed by atoms with E-state index in [4.69, 9.17) is 0 Å². The Labute approximate surface area is 179 Å². The minimum absolute atomic E-state index is 0.996. The molecule has 1 aliphatic rings.